The second-order valence-corrected chi connectivity index (χ2v) is 7.67. The van der Waals surface area contributed by atoms with Crippen LogP contribution in [0.25, 0.3) is 0 Å². The lowest BCUT2D eigenvalue weighted by Crippen LogP contribution is -2.33. The highest BCUT2D eigenvalue weighted by molar-refractivity contribution is 7.11. The van der Waals surface area contributed by atoms with Crippen molar-refractivity contribution in [2.24, 2.45) is 0 Å². The summed E-state index contributed by atoms with van der Waals surface area (Å²) < 4.78 is 1.40. The standard InChI is InChI=1S/C16H25N5O3S/c1-10(2)16-18-11(3)15(25-16)12(4)19(5)8-14(22)9-20-7-13(6-17-20)21(23)24/h6-7,10,12,14,22H,8-9H2,1-5H3. The minimum absolute atomic E-state index is 0.0737. The Hall–Kier alpha value is -1.84. The average molecular weight is 367 g/mol. The number of rotatable bonds is 8. The third-order valence-electron chi connectivity index (χ3n) is 4.11. The maximum atomic E-state index is 10.7. The predicted molar refractivity (Wildman–Crippen MR) is 96.9 cm³/mol. The molecule has 0 saturated heterocycles. The average Bonchev–Trinajstić information content (AvgIpc) is 3.13. The quantitative estimate of drug-likeness (QED) is 0.569. The summed E-state index contributed by atoms with van der Waals surface area (Å²) in [5.41, 5.74) is 0.959. The Kier molecular flexibility index (Phi) is 6.26. The minimum atomic E-state index is -0.676. The van der Waals surface area contributed by atoms with Crippen LogP contribution in [0.5, 0.6) is 0 Å². The smallest absolute Gasteiger partial charge is 0.306 e. The van der Waals surface area contributed by atoms with Gasteiger partial charge in [-0.05, 0) is 20.9 Å². The number of aryl methyl sites for hydroxylation is 1. The van der Waals surface area contributed by atoms with Gasteiger partial charge in [-0.1, -0.05) is 13.8 Å². The van der Waals surface area contributed by atoms with Crippen LogP contribution in [0.15, 0.2) is 12.4 Å². The van der Waals surface area contributed by atoms with Crippen LogP contribution in [-0.2, 0) is 6.54 Å². The fourth-order valence-corrected chi connectivity index (χ4v) is 3.76. The number of aliphatic hydroxyl groups excluding tert-OH is 1. The summed E-state index contributed by atoms with van der Waals surface area (Å²) in [5.74, 6) is 0.399. The number of aromatic nitrogens is 3. The normalized spacial score (nSPS) is 14.2. The molecule has 0 aliphatic heterocycles. The molecule has 2 heterocycles. The second-order valence-electron chi connectivity index (χ2n) is 6.60. The van der Waals surface area contributed by atoms with Crippen molar-refractivity contribution < 1.29 is 10.0 Å². The third kappa shape index (κ3) is 4.83. The maximum Gasteiger partial charge on any atom is 0.306 e. The second kappa shape index (κ2) is 8.03. The highest BCUT2D eigenvalue weighted by atomic mass is 32.1. The first kappa shape index (κ1) is 19.5. The maximum absolute atomic E-state index is 10.7. The number of aliphatic hydroxyl groups is 1. The number of hydrogen-bond acceptors (Lipinski definition) is 7. The van der Waals surface area contributed by atoms with Crippen LogP contribution in [-0.4, -0.2) is 49.4 Å². The van der Waals surface area contributed by atoms with E-state index >= 15 is 0 Å². The molecule has 2 atom stereocenters. The topological polar surface area (TPSA) is 97.3 Å². The molecule has 2 rings (SSSR count). The fourth-order valence-electron chi connectivity index (χ4n) is 2.58. The van der Waals surface area contributed by atoms with E-state index < -0.39 is 11.0 Å². The Bertz CT molecular complexity index is 727. The highest BCUT2D eigenvalue weighted by Crippen LogP contribution is 2.31. The van der Waals surface area contributed by atoms with Crippen molar-refractivity contribution in [3.05, 3.63) is 38.1 Å². The van der Waals surface area contributed by atoms with Gasteiger partial charge in [-0.2, -0.15) is 5.10 Å². The van der Waals surface area contributed by atoms with Gasteiger partial charge in [0.2, 0.25) is 0 Å². The fraction of sp³-hybridized carbons (Fsp3) is 0.625. The molecule has 0 aliphatic rings. The molecule has 0 saturated carbocycles. The molecule has 0 spiro atoms. The summed E-state index contributed by atoms with van der Waals surface area (Å²) >= 11 is 1.71. The van der Waals surface area contributed by atoms with Crippen molar-refractivity contribution in [3.63, 3.8) is 0 Å². The van der Waals surface area contributed by atoms with Gasteiger partial charge in [0, 0.05) is 23.4 Å². The van der Waals surface area contributed by atoms with Gasteiger partial charge in [0.1, 0.15) is 12.4 Å². The van der Waals surface area contributed by atoms with E-state index in [1.54, 1.807) is 11.3 Å². The van der Waals surface area contributed by atoms with Crippen LogP contribution < -0.4 is 0 Å². The van der Waals surface area contributed by atoms with E-state index in [2.05, 4.69) is 35.8 Å². The molecule has 0 aliphatic carbocycles. The van der Waals surface area contributed by atoms with Crippen molar-refractivity contribution in [2.75, 3.05) is 13.6 Å². The largest absolute Gasteiger partial charge is 0.390 e. The molecule has 8 nitrogen and oxygen atoms in total. The van der Waals surface area contributed by atoms with E-state index in [1.807, 2.05) is 14.0 Å². The van der Waals surface area contributed by atoms with Gasteiger partial charge >= 0.3 is 5.69 Å². The molecule has 0 amide bonds. The monoisotopic (exact) mass is 367 g/mol. The van der Waals surface area contributed by atoms with Crippen molar-refractivity contribution in [3.8, 4) is 0 Å². The van der Waals surface area contributed by atoms with E-state index in [9.17, 15) is 15.2 Å². The molecule has 0 aromatic carbocycles. The van der Waals surface area contributed by atoms with E-state index in [0.29, 0.717) is 12.5 Å². The molecular weight excluding hydrogens is 342 g/mol. The minimum Gasteiger partial charge on any atom is -0.390 e. The van der Waals surface area contributed by atoms with Gasteiger partial charge in [0.05, 0.1) is 28.3 Å². The Morgan fingerprint density at radius 2 is 2.12 bits per heavy atom. The molecule has 2 unspecified atom stereocenters. The lowest BCUT2D eigenvalue weighted by Gasteiger charge is -2.26. The van der Waals surface area contributed by atoms with Gasteiger partial charge in [0.15, 0.2) is 0 Å². The lowest BCUT2D eigenvalue weighted by atomic mass is 10.2. The summed E-state index contributed by atoms with van der Waals surface area (Å²) in [6.45, 7) is 9.01. The van der Waals surface area contributed by atoms with E-state index in [0.717, 1.165) is 10.7 Å². The van der Waals surface area contributed by atoms with Crippen LogP contribution in [0.2, 0.25) is 0 Å². The van der Waals surface area contributed by atoms with Crippen molar-refractivity contribution in [1.82, 2.24) is 19.7 Å². The molecule has 1 N–H and O–H groups in total. The number of thiazole rings is 1. The van der Waals surface area contributed by atoms with E-state index in [-0.39, 0.29) is 18.3 Å². The zero-order chi connectivity index (χ0) is 18.7. The van der Waals surface area contributed by atoms with Crippen LogP contribution >= 0.6 is 11.3 Å². The van der Waals surface area contributed by atoms with Gasteiger partial charge in [0.25, 0.3) is 0 Å². The highest BCUT2D eigenvalue weighted by Gasteiger charge is 2.21. The van der Waals surface area contributed by atoms with E-state index in [4.69, 9.17) is 0 Å². The summed E-state index contributed by atoms with van der Waals surface area (Å²) in [4.78, 5) is 18.1. The number of nitrogens with zero attached hydrogens (tertiary/aromatic N) is 5. The van der Waals surface area contributed by atoms with Crippen molar-refractivity contribution in [2.45, 2.75) is 52.3 Å². The molecule has 2 aromatic rings. The van der Waals surface area contributed by atoms with Crippen LogP contribution in [0.4, 0.5) is 5.69 Å². The number of hydrogen-bond donors (Lipinski definition) is 1. The van der Waals surface area contributed by atoms with Gasteiger partial charge in [-0.25, -0.2) is 4.98 Å². The molecule has 2 aromatic heterocycles. The third-order valence-corrected chi connectivity index (χ3v) is 5.74. The van der Waals surface area contributed by atoms with Crippen molar-refractivity contribution in [1.29, 1.82) is 0 Å². The van der Waals surface area contributed by atoms with E-state index in [1.165, 1.54) is 22.0 Å². The summed E-state index contributed by atoms with van der Waals surface area (Å²) in [7, 11) is 1.95. The molecule has 0 bridgehead atoms. The lowest BCUT2D eigenvalue weighted by molar-refractivity contribution is -0.385. The predicted octanol–water partition coefficient (Wildman–Crippen LogP) is 2.73. The van der Waals surface area contributed by atoms with Crippen LogP contribution in [0.1, 0.15) is 48.3 Å². The number of nitro groups is 1. The Labute approximate surface area is 151 Å². The summed E-state index contributed by atoms with van der Waals surface area (Å²) in [6.07, 6.45) is 1.84. The van der Waals surface area contributed by atoms with Crippen LogP contribution in [0.3, 0.4) is 0 Å². The zero-order valence-electron chi connectivity index (χ0n) is 15.2. The zero-order valence-corrected chi connectivity index (χ0v) is 16.0. The molecule has 25 heavy (non-hydrogen) atoms. The molecule has 9 heteroatoms. The summed E-state index contributed by atoms with van der Waals surface area (Å²) in [5, 5.41) is 26.0. The first-order valence-electron chi connectivity index (χ1n) is 8.21. The van der Waals surface area contributed by atoms with Crippen molar-refractivity contribution >= 4 is 17.0 Å². The molecular formula is C16H25N5O3S. The first-order chi connectivity index (χ1) is 11.7. The van der Waals surface area contributed by atoms with Gasteiger partial charge < -0.3 is 5.11 Å². The Morgan fingerprint density at radius 1 is 1.44 bits per heavy atom. The molecule has 0 radical (unpaired) electrons. The first-order valence-corrected chi connectivity index (χ1v) is 9.03. The molecule has 0 fully saturated rings. The number of likely N-dealkylation sites (N-methyl/N-ethyl adjacent to an activating group) is 1. The molecule has 138 valence electrons. The van der Waals surface area contributed by atoms with Gasteiger partial charge in [-0.15, -0.1) is 11.3 Å². The Balaban J connectivity index is 1.97. The van der Waals surface area contributed by atoms with Gasteiger partial charge in [-0.3, -0.25) is 19.7 Å². The Morgan fingerprint density at radius 3 is 2.64 bits per heavy atom. The van der Waals surface area contributed by atoms with Crippen LogP contribution in [0, 0.1) is 17.0 Å². The summed E-state index contributed by atoms with van der Waals surface area (Å²) in [6, 6.07) is 0.131. The SMILES string of the molecule is Cc1nc(C(C)C)sc1C(C)N(C)CC(O)Cn1cc([N+](=O)[O-])cn1.